The van der Waals surface area contributed by atoms with Crippen LogP contribution in [0.4, 0.5) is 10.1 Å². The fourth-order valence-corrected chi connectivity index (χ4v) is 3.99. The number of sulfonamides is 1. The Morgan fingerprint density at radius 3 is 2.19 bits per heavy atom. The summed E-state index contributed by atoms with van der Waals surface area (Å²) in [5.74, 6) is -0.141. The third-order valence-electron chi connectivity index (χ3n) is 4.64. The number of hydrogen-bond donors (Lipinski definition) is 1. The molecule has 0 aromatic heterocycles. The Balaban J connectivity index is 1.56. The van der Waals surface area contributed by atoms with Crippen LogP contribution in [-0.2, 0) is 10.0 Å². The molecule has 3 rings (SSSR count). The lowest BCUT2D eigenvalue weighted by atomic mass is 10.2. The van der Waals surface area contributed by atoms with Crippen molar-refractivity contribution in [2.24, 2.45) is 0 Å². The smallest absolute Gasteiger partial charge is 0.264 e. The minimum absolute atomic E-state index is 0.198. The molecule has 0 radical (unpaired) electrons. The summed E-state index contributed by atoms with van der Waals surface area (Å²) in [5.41, 5.74) is 1.81. The molecule has 31 heavy (non-hydrogen) atoms. The topological polar surface area (TPSA) is 75.7 Å². The van der Waals surface area contributed by atoms with E-state index in [0.717, 1.165) is 5.56 Å². The van der Waals surface area contributed by atoms with Crippen molar-refractivity contribution in [2.45, 2.75) is 11.8 Å². The predicted molar refractivity (Wildman–Crippen MR) is 117 cm³/mol. The molecule has 3 aromatic rings. The molecular formula is C23H23FN2O4S. The zero-order valence-corrected chi connectivity index (χ0v) is 18.0. The molecular weight excluding hydrogens is 419 g/mol. The van der Waals surface area contributed by atoms with Gasteiger partial charge in [0, 0.05) is 12.6 Å². The summed E-state index contributed by atoms with van der Waals surface area (Å²) in [7, 11) is -2.23. The van der Waals surface area contributed by atoms with Gasteiger partial charge in [-0.15, -0.1) is 0 Å². The van der Waals surface area contributed by atoms with Crippen LogP contribution in [-0.4, -0.2) is 34.5 Å². The fraction of sp³-hybridized carbons (Fsp3) is 0.174. The number of anilines is 1. The van der Waals surface area contributed by atoms with Crippen molar-refractivity contribution in [3.63, 3.8) is 0 Å². The van der Waals surface area contributed by atoms with E-state index in [2.05, 4.69) is 5.32 Å². The predicted octanol–water partition coefficient (Wildman–Crippen LogP) is 3.77. The van der Waals surface area contributed by atoms with Gasteiger partial charge in [-0.2, -0.15) is 0 Å². The molecule has 0 aliphatic carbocycles. The van der Waals surface area contributed by atoms with E-state index in [1.807, 2.05) is 6.92 Å². The van der Waals surface area contributed by atoms with Gasteiger partial charge in [0.1, 0.15) is 18.2 Å². The van der Waals surface area contributed by atoms with Gasteiger partial charge in [0.15, 0.2) is 0 Å². The van der Waals surface area contributed by atoms with E-state index >= 15 is 0 Å². The summed E-state index contributed by atoms with van der Waals surface area (Å²) in [5, 5.41) is 2.72. The van der Waals surface area contributed by atoms with Gasteiger partial charge in [-0.05, 0) is 67.6 Å². The van der Waals surface area contributed by atoms with E-state index < -0.39 is 10.0 Å². The number of halogens is 1. The number of aryl methyl sites for hydroxylation is 1. The summed E-state index contributed by atoms with van der Waals surface area (Å²) in [4.78, 5) is 12.5. The van der Waals surface area contributed by atoms with Gasteiger partial charge in [0.2, 0.25) is 0 Å². The summed E-state index contributed by atoms with van der Waals surface area (Å²) >= 11 is 0. The van der Waals surface area contributed by atoms with Crippen LogP contribution >= 0.6 is 0 Å². The Morgan fingerprint density at radius 2 is 1.58 bits per heavy atom. The van der Waals surface area contributed by atoms with Crippen molar-refractivity contribution >= 4 is 21.6 Å². The van der Waals surface area contributed by atoms with Crippen molar-refractivity contribution in [3.8, 4) is 5.75 Å². The molecule has 6 nitrogen and oxygen atoms in total. The van der Waals surface area contributed by atoms with Crippen LogP contribution in [0.15, 0.2) is 77.7 Å². The molecule has 0 fully saturated rings. The Labute approximate surface area is 181 Å². The van der Waals surface area contributed by atoms with E-state index in [9.17, 15) is 17.6 Å². The second-order valence-electron chi connectivity index (χ2n) is 6.89. The fourth-order valence-electron chi connectivity index (χ4n) is 2.80. The van der Waals surface area contributed by atoms with Gasteiger partial charge in [-0.3, -0.25) is 9.10 Å². The lowest BCUT2D eigenvalue weighted by molar-refractivity contribution is 0.0947. The first kappa shape index (κ1) is 22.3. The van der Waals surface area contributed by atoms with Gasteiger partial charge in [-0.1, -0.05) is 17.7 Å². The average molecular weight is 443 g/mol. The molecule has 0 aliphatic rings. The van der Waals surface area contributed by atoms with E-state index in [-0.39, 0.29) is 29.8 Å². The van der Waals surface area contributed by atoms with Gasteiger partial charge in [0.05, 0.1) is 17.1 Å². The maximum atomic E-state index is 12.9. The number of ether oxygens (including phenoxy) is 1. The van der Waals surface area contributed by atoms with E-state index in [1.54, 1.807) is 48.5 Å². The van der Waals surface area contributed by atoms with Crippen LogP contribution in [0, 0.1) is 12.7 Å². The highest BCUT2D eigenvalue weighted by Gasteiger charge is 2.21. The van der Waals surface area contributed by atoms with Crippen LogP contribution in [0.2, 0.25) is 0 Å². The quantitative estimate of drug-likeness (QED) is 0.539. The van der Waals surface area contributed by atoms with Crippen LogP contribution < -0.4 is 14.4 Å². The highest BCUT2D eigenvalue weighted by molar-refractivity contribution is 7.92. The summed E-state index contributed by atoms with van der Waals surface area (Å²) < 4.78 is 45.0. The highest BCUT2D eigenvalue weighted by atomic mass is 32.2. The van der Waals surface area contributed by atoms with Crippen LogP contribution in [0.5, 0.6) is 5.75 Å². The van der Waals surface area contributed by atoms with Gasteiger partial charge in [-0.25, -0.2) is 12.8 Å². The average Bonchev–Trinajstić information content (AvgIpc) is 2.77. The third-order valence-corrected chi connectivity index (χ3v) is 6.44. The minimum Gasteiger partial charge on any atom is -0.492 e. The molecule has 0 bridgehead atoms. The van der Waals surface area contributed by atoms with E-state index in [0.29, 0.717) is 17.0 Å². The molecule has 3 aromatic carbocycles. The molecule has 0 unspecified atom stereocenters. The van der Waals surface area contributed by atoms with E-state index in [4.69, 9.17) is 4.74 Å². The number of benzene rings is 3. The lowest BCUT2D eigenvalue weighted by Crippen LogP contribution is -2.28. The largest absolute Gasteiger partial charge is 0.492 e. The summed E-state index contributed by atoms with van der Waals surface area (Å²) in [6.45, 7) is 2.38. The second kappa shape index (κ2) is 9.61. The number of nitrogens with zero attached hydrogens (tertiary/aromatic N) is 1. The zero-order valence-electron chi connectivity index (χ0n) is 17.2. The van der Waals surface area contributed by atoms with Gasteiger partial charge in [0.25, 0.3) is 15.9 Å². The molecule has 0 aliphatic heterocycles. The minimum atomic E-state index is -3.70. The first-order valence-electron chi connectivity index (χ1n) is 9.59. The van der Waals surface area contributed by atoms with E-state index in [1.165, 1.54) is 35.6 Å². The van der Waals surface area contributed by atoms with Crippen molar-refractivity contribution in [1.29, 1.82) is 0 Å². The van der Waals surface area contributed by atoms with Crippen LogP contribution in [0.3, 0.4) is 0 Å². The maximum absolute atomic E-state index is 12.9. The molecule has 162 valence electrons. The molecule has 1 N–H and O–H groups in total. The van der Waals surface area contributed by atoms with Crippen molar-refractivity contribution in [2.75, 3.05) is 24.5 Å². The molecule has 0 saturated carbocycles. The zero-order chi connectivity index (χ0) is 22.4. The van der Waals surface area contributed by atoms with Crippen LogP contribution in [0.1, 0.15) is 15.9 Å². The number of hydrogen-bond acceptors (Lipinski definition) is 4. The Morgan fingerprint density at radius 1 is 0.968 bits per heavy atom. The van der Waals surface area contributed by atoms with Crippen molar-refractivity contribution < 1.29 is 22.3 Å². The second-order valence-corrected chi connectivity index (χ2v) is 8.86. The first-order chi connectivity index (χ1) is 14.8. The van der Waals surface area contributed by atoms with Gasteiger partial charge >= 0.3 is 0 Å². The lowest BCUT2D eigenvalue weighted by Gasteiger charge is -2.20. The molecule has 0 saturated heterocycles. The normalized spacial score (nSPS) is 11.1. The number of nitrogens with one attached hydrogen (secondary N) is 1. The molecule has 0 heterocycles. The SMILES string of the molecule is Cc1ccc(S(=O)(=O)N(C)c2ccc(C(=O)NCCOc3ccc(F)cc3)cc2)cc1. The molecule has 1 amide bonds. The summed E-state index contributed by atoms with van der Waals surface area (Å²) in [6, 6.07) is 18.5. The first-order valence-corrected chi connectivity index (χ1v) is 11.0. The molecule has 8 heteroatoms. The molecule has 0 spiro atoms. The monoisotopic (exact) mass is 442 g/mol. The summed E-state index contributed by atoms with van der Waals surface area (Å²) in [6.07, 6.45) is 0. The standard InChI is InChI=1S/C23H23FN2O4S/c1-17-3-13-22(14-4-17)31(28,29)26(2)20-9-5-18(6-10-20)23(27)25-15-16-30-21-11-7-19(24)8-12-21/h3-14H,15-16H2,1-2H3,(H,25,27). The maximum Gasteiger partial charge on any atom is 0.264 e. The highest BCUT2D eigenvalue weighted by Crippen LogP contribution is 2.22. The van der Waals surface area contributed by atoms with Crippen LogP contribution in [0.25, 0.3) is 0 Å². The van der Waals surface area contributed by atoms with Crippen molar-refractivity contribution in [3.05, 3.63) is 89.7 Å². The Kier molecular flexibility index (Phi) is 6.91. The Bertz CT molecular complexity index is 1130. The number of carbonyl (C=O) groups excluding carboxylic acids is 1. The number of rotatable bonds is 8. The van der Waals surface area contributed by atoms with Crippen molar-refractivity contribution in [1.82, 2.24) is 5.32 Å². The molecule has 0 atom stereocenters. The number of carbonyl (C=O) groups is 1. The number of amides is 1. The van der Waals surface area contributed by atoms with Gasteiger partial charge < -0.3 is 10.1 Å². The third kappa shape index (κ3) is 5.61. The Hall–Kier alpha value is -3.39.